The number of carbonyl (C=O) groups is 1. The van der Waals surface area contributed by atoms with Gasteiger partial charge in [-0.05, 0) is 62.2 Å². The van der Waals surface area contributed by atoms with E-state index in [2.05, 4.69) is 37.2 Å². The number of nitrogens with one attached hydrogen (secondary N) is 1. The second-order valence-corrected chi connectivity index (χ2v) is 5.64. The van der Waals surface area contributed by atoms with E-state index in [1.54, 1.807) is 24.3 Å². The number of halogens is 3. The first-order chi connectivity index (χ1) is 9.51. The Bertz CT molecular complexity index is 662. The van der Waals surface area contributed by atoms with Gasteiger partial charge < -0.3 is 10.1 Å². The van der Waals surface area contributed by atoms with Gasteiger partial charge in [0.05, 0.1) is 16.1 Å². The molecule has 0 aliphatic heterocycles. The summed E-state index contributed by atoms with van der Waals surface area (Å²) in [4.78, 5) is 12.0. The second-order valence-electron chi connectivity index (χ2n) is 3.93. The normalized spacial score (nSPS) is 10.2. The van der Waals surface area contributed by atoms with Gasteiger partial charge in [-0.3, -0.25) is 4.79 Å². The molecule has 2 aromatic rings. The van der Waals surface area contributed by atoms with Crippen molar-refractivity contribution in [2.45, 2.75) is 0 Å². The van der Waals surface area contributed by atoms with Crippen LogP contribution < -0.4 is 10.1 Å². The molecule has 0 fully saturated rings. The van der Waals surface area contributed by atoms with Gasteiger partial charge in [0, 0.05) is 17.3 Å². The van der Waals surface area contributed by atoms with Crippen molar-refractivity contribution in [3.05, 3.63) is 56.7 Å². The molecule has 0 saturated carbocycles. The van der Waals surface area contributed by atoms with Crippen molar-refractivity contribution in [3.63, 3.8) is 0 Å². The molecule has 0 unspecified atom stereocenters. The number of anilines is 1. The maximum atomic E-state index is 13.4. The fraction of sp³-hybridized carbons (Fsp3) is 0.0714. The molecule has 0 saturated heterocycles. The molecule has 0 aliphatic rings. The summed E-state index contributed by atoms with van der Waals surface area (Å²) < 4.78 is 19.6. The largest absolute Gasteiger partial charge is 0.495 e. The Morgan fingerprint density at radius 2 is 1.85 bits per heavy atom. The van der Waals surface area contributed by atoms with Crippen LogP contribution in [0.5, 0.6) is 5.75 Å². The van der Waals surface area contributed by atoms with E-state index in [-0.39, 0.29) is 11.5 Å². The van der Waals surface area contributed by atoms with Crippen LogP contribution in [0.4, 0.5) is 10.1 Å². The lowest BCUT2D eigenvalue weighted by Crippen LogP contribution is -2.12. The summed E-state index contributed by atoms with van der Waals surface area (Å²) in [6, 6.07) is 9.37. The lowest BCUT2D eigenvalue weighted by atomic mass is 10.2. The molecule has 6 heteroatoms. The van der Waals surface area contributed by atoms with Gasteiger partial charge in [0.1, 0.15) is 11.6 Å². The molecule has 1 N–H and O–H groups in total. The van der Waals surface area contributed by atoms with E-state index < -0.39 is 5.82 Å². The summed E-state index contributed by atoms with van der Waals surface area (Å²) in [6.07, 6.45) is 0. The third-order valence-corrected chi connectivity index (χ3v) is 3.89. The molecule has 20 heavy (non-hydrogen) atoms. The summed E-state index contributed by atoms with van der Waals surface area (Å²) in [5, 5.41) is 2.69. The minimum absolute atomic E-state index is 0.243. The van der Waals surface area contributed by atoms with Crippen molar-refractivity contribution in [1.82, 2.24) is 0 Å². The number of methoxy groups -OCH3 is 1. The Morgan fingerprint density at radius 1 is 1.15 bits per heavy atom. The highest BCUT2D eigenvalue weighted by molar-refractivity contribution is 9.10. The molecule has 0 radical (unpaired) electrons. The average molecular weight is 403 g/mol. The van der Waals surface area contributed by atoms with Crippen molar-refractivity contribution in [1.29, 1.82) is 0 Å². The van der Waals surface area contributed by atoms with E-state index in [1.165, 1.54) is 19.2 Å². The monoisotopic (exact) mass is 401 g/mol. The molecule has 2 rings (SSSR count). The lowest BCUT2D eigenvalue weighted by molar-refractivity contribution is 0.102. The summed E-state index contributed by atoms with van der Waals surface area (Å²) in [7, 11) is 1.54. The molecule has 104 valence electrons. The third-order valence-electron chi connectivity index (χ3n) is 2.59. The molecular formula is C14H10Br2FNO2. The van der Waals surface area contributed by atoms with Gasteiger partial charge >= 0.3 is 0 Å². The van der Waals surface area contributed by atoms with Crippen LogP contribution in [0.15, 0.2) is 45.3 Å². The molecular weight excluding hydrogens is 393 g/mol. The molecule has 0 aromatic heterocycles. The summed E-state index contributed by atoms with van der Waals surface area (Å²) >= 11 is 6.37. The van der Waals surface area contributed by atoms with Crippen LogP contribution in [0.25, 0.3) is 0 Å². The Balaban J connectivity index is 2.21. The molecule has 1 amide bonds. The highest BCUT2D eigenvalue weighted by Crippen LogP contribution is 2.28. The average Bonchev–Trinajstić information content (AvgIpc) is 2.43. The van der Waals surface area contributed by atoms with E-state index in [9.17, 15) is 9.18 Å². The Morgan fingerprint density at radius 3 is 2.50 bits per heavy atom. The smallest absolute Gasteiger partial charge is 0.255 e. The lowest BCUT2D eigenvalue weighted by Gasteiger charge is -2.09. The summed E-state index contributed by atoms with van der Waals surface area (Å²) in [5.74, 6) is -0.267. The standard InChI is InChI=1S/C14H10Br2FNO2/c1-20-13-7-9(3-5-11(13)16)18-14(19)8-2-4-10(15)12(17)6-8/h2-7H,1H3,(H,18,19). The van der Waals surface area contributed by atoms with Crippen LogP contribution in [-0.4, -0.2) is 13.0 Å². The van der Waals surface area contributed by atoms with Gasteiger partial charge in [0.25, 0.3) is 5.91 Å². The van der Waals surface area contributed by atoms with E-state index in [0.717, 1.165) is 4.47 Å². The molecule has 0 heterocycles. The predicted octanol–water partition coefficient (Wildman–Crippen LogP) is 4.61. The fourth-order valence-electron chi connectivity index (χ4n) is 1.58. The van der Waals surface area contributed by atoms with Crippen molar-refractivity contribution >= 4 is 43.5 Å². The molecule has 0 spiro atoms. The zero-order chi connectivity index (χ0) is 14.7. The predicted molar refractivity (Wildman–Crippen MR) is 82.7 cm³/mol. The first kappa shape index (κ1) is 15.0. The maximum Gasteiger partial charge on any atom is 0.255 e. The zero-order valence-corrected chi connectivity index (χ0v) is 13.6. The number of hydrogen-bond acceptors (Lipinski definition) is 2. The van der Waals surface area contributed by atoms with E-state index >= 15 is 0 Å². The highest BCUT2D eigenvalue weighted by atomic mass is 79.9. The SMILES string of the molecule is COc1cc(NC(=O)c2ccc(Br)c(F)c2)ccc1Br. The van der Waals surface area contributed by atoms with E-state index in [0.29, 0.717) is 15.9 Å². The topological polar surface area (TPSA) is 38.3 Å². The Kier molecular flexibility index (Phi) is 4.77. The van der Waals surface area contributed by atoms with Crippen molar-refractivity contribution in [2.24, 2.45) is 0 Å². The van der Waals surface area contributed by atoms with Crippen LogP contribution in [-0.2, 0) is 0 Å². The summed E-state index contributed by atoms with van der Waals surface area (Å²) in [5.41, 5.74) is 0.811. The molecule has 0 atom stereocenters. The first-order valence-corrected chi connectivity index (χ1v) is 7.20. The van der Waals surface area contributed by atoms with Crippen LogP contribution >= 0.6 is 31.9 Å². The maximum absolute atomic E-state index is 13.4. The van der Waals surface area contributed by atoms with E-state index in [1.807, 2.05) is 0 Å². The minimum atomic E-state index is -0.481. The Hall–Kier alpha value is -1.40. The van der Waals surface area contributed by atoms with Crippen LogP contribution in [0, 0.1) is 5.82 Å². The van der Waals surface area contributed by atoms with Gasteiger partial charge in [-0.1, -0.05) is 0 Å². The number of benzene rings is 2. The van der Waals surface area contributed by atoms with Crippen LogP contribution in [0.1, 0.15) is 10.4 Å². The van der Waals surface area contributed by atoms with Gasteiger partial charge in [-0.15, -0.1) is 0 Å². The van der Waals surface area contributed by atoms with Crippen LogP contribution in [0.2, 0.25) is 0 Å². The minimum Gasteiger partial charge on any atom is -0.495 e. The highest BCUT2D eigenvalue weighted by Gasteiger charge is 2.10. The van der Waals surface area contributed by atoms with Crippen molar-refractivity contribution in [3.8, 4) is 5.75 Å². The molecule has 0 aliphatic carbocycles. The number of amides is 1. The van der Waals surface area contributed by atoms with Gasteiger partial charge in [0.15, 0.2) is 0 Å². The van der Waals surface area contributed by atoms with Crippen LogP contribution in [0.3, 0.4) is 0 Å². The fourth-order valence-corrected chi connectivity index (χ4v) is 2.23. The number of carbonyl (C=O) groups excluding carboxylic acids is 1. The molecule has 3 nitrogen and oxygen atoms in total. The third kappa shape index (κ3) is 3.37. The number of hydrogen-bond donors (Lipinski definition) is 1. The summed E-state index contributed by atoms with van der Waals surface area (Å²) in [6.45, 7) is 0. The molecule has 2 aromatic carbocycles. The van der Waals surface area contributed by atoms with Gasteiger partial charge in [-0.2, -0.15) is 0 Å². The second kappa shape index (κ2) is 6.37. The Labute approximate surface area is 132 Å². The molecule has 0 bridgehead atoms. The number of ether oxygens (including phenoxy) is 1. The van der Waals surface area contributed by atoms with E-state index in [4.69, 9.17) is 4.74 Å². The quantitative estimate of drug-likeness (QED) is 0.813. The first-order valence-electron chi connectivity index (χ1n) is 5.61. The van der Waals surface area contributed by atoms with Crippen molar-refractivity contribution in [2.75, 3.05) is 12.4 Å². The van der Waals surface area contributed by atoms with Gasteiger partial charge in [-0.25, -0.2) is 4.39 Å². The van der Waals surface area contributed by atoms with Gasteiger partial charge in [0.2, 0.25) is 0 Å². The number of rotatable bonds is 3. The zero-order valence-electron chi connectivity index (χ0n) is 10.4. The van der Waals surface area contributed by atoms with Crippen molar-refractivity contribution < 1.29 is 13.9 Å².